The third-order valence-corrected chi connectivity index (χ3v) is 5.58. The summed E-state index contributed by atoms with van der Waals surface area (Å²) >= 11 is 13.5. The van der Waals surface area contributed by atoms with E-state index in [0.717, 1.165) is 30.9 Å². The monoisotopic (exact) mass is 330 g/mol. The van der Waals surface area contributed by atoms with Gasteiger partial charge in [-0.1, -0.05) is 41.2 Å². The third kappa shape index (κ3) is 2.89. The summed E-state index contributed by atoms with van der Waals surface area (Å²) in [4.78, 5) is 14.7. The summed E-state index contributed by atoms with van der Waals surface area (Å²) in [5, 5.41) is 1.61. The van der Waals surface area contributed by atoms with Crippen LogP contribution < -0.4 is 5.56 Å². The molecule has 0 aliphatic carbocycles. The van der Waals surface area contributed by atoms with Gasteiger partial charge in [0.15, 0.2) is 0 Å². The van der Waals surface area contributed by atoms with Crippen molar-refractivity contribution < 1.29 is 0 Å². The van der Waals surface area contributed by atoms with Crippen molar-refractivity contribution in [1.29, 1.82) is 0 Å². The minimum absolute atomic E-state index is 0.0422. The van der Waals surface area contributed by atoms with Crippen LogP contribution >= 0.6 is 34.7 Å². The van der Waals surface area contributed by atoms with Gasteiger partial charge in [0.05, 0.1) is 20.1 Å². The van der Waals surface area contributed by atoms with Crippen LogP contribution in [0.4, 0.5) is 0 Å². The molecule has 2 aromatic rings. The average molecular weight is 331 g/mol. The lowest BCUT2D eigenvalue weighted by Crippen LogP contribution is -2.33. The summed E-state index contributed by atoms with van der Waals surface area (Å²) in [6.45, 7) is 3.98. The summed E-state index contributed by atoms with van der Waals surface area (Å²) in [5.74, 6) is 0. The molecule has 1 aromatic carbocycles. The van der Waals surface area contributed by atoms with Gasteiger partial charge in [-0.3, -0.25) is 8.75 Å². The highest BCUT2D eigenvalue weighted by Gasteiger charge is 2.13. The Morgan fingerprint density at radius 3 is 2.50 bits per heavy atom. The van der Waals surface area contributed by atoms with E-state index in [9.17, 15) is 4.79 Å². The Morgan fingerprint density at radius 1 is 1.05 bits per heavy atom. The van der Waals surface area contributed by atoms with E-state index in [2.05, 4.69) is 4.90 Å². The van der Waals surface area contributed by atoms with Crippen LogP contribution in [-0.4, -0.2) is 28.5 Å². The van der Waals surface area contributed by atoms with Gasteiger partial charge in [0, 0.05) is 13.1 Å². The summed E-state index contributed by atoms with van der Waals surface area (Å²) < 4.78 is 2.72. The van der Waals surface area contributed by atoms with Crippen molar-refractivity contribution in [3.05, 3.63) is 32.5 Å². The maximum atomic E-state index is 12.3. The third-order valence-electron chi connectivity index (χ3n) is 3.76. The fraction of sp³-hybridized carbons (Fsp3) is 0.500. The normalized spacial score (nSPS) is 16.9. The molecule has 3 nitrogen and oxygen atoms in total. The number of nitrogens with zero attached hydrogens (tertiary/aromatic N) is 2. The number of piperidine rings is 1. The molecule has 3 rings (SSSR count). The fourth-order valence-corrected chi connectivity index (χ4v) is 4.03. The number of hydrogen-bond acceptors (Lipinski definition) is 3. The molecule has 2 heterocycles. The molecule has 1 saturated heterocycles. The topological polar surface area (TPSA) is 25.2 Å². The van der Waals surface area contributed by atoms with Gasteiger partial charge in [0.25, 0.3) is 5.56 Å². The molecule has 1 aromatic heterocycles. The lowest BCUT2D eigenvalue weighted by Gasteiger charge is -2.26. The van der Waals surface area contributed by atoms with Gasteiger partial charge in [0.2, 0.25) is 0 Å². The highest BCUT2D eigenvalue weighted by atomic mass is 35.5. The summed E-state index contributed by atoms with van der Waals surface area (Å²) in [7, 11) is 0. The van der Waals surface area contributed by atoms with E-state index in [4.69, 9.17) is 23.2 Å². The van der Waals surface area contributed by atoms with E-state index in [1.54, 1.807) is 12.1 Å². The smallest absolute Gasteiger partial charge is 0.268 e. The molecule has 1 aliphatic rings. The first-order chi connectivity index (χ1) is 9.65. The van der Waals surface area contributed by atoms with E-state index >= 15 is 0 Å². The van der Waals surface area contributed by atoms with Crippen LogP contribution in [0.25, 0.3) is 10.1 Å². The second-order valence-corrected chi connectivity index (χ2v) is 7.04. The van der Waals surface area contributed by atoms with E-state index in [-0.39, 0.29) is 5.56 Å². The Morgan fingerprint density at radius 2 is 1.75 bits per heavy atom. The molecule has 20 heavy (non-hydrogen) atoms. The molecule has 1 fully saturated rings. The van der Waals surface area contributed by atoms with Gasteiger partial charge in [0.1, 0.15) is 0 Å². The van der Waals surface area contributed by atoms with Crippen molar-refractivity contribution in [2.45, 2.75) is 25.8 Å². The van der Waals surface area contributed by atoms with Gasteiger partial charge in [-0.15, -0.1) is 0 Å². The van der Waals surface area contributed by atoms with Crippen LogP contribution in [0.3, 0.4) is 0 Å². The Kier molecular flexibility index (Phi) is 4.36. The molecular formula is C14H16Cl2N2OS. The average Bonchev–Trinajstić information content (AvgIpc) is 2.75. The van der Waals surface area contributed by atoms with Crippen molar-refractivity contribution in [2.24, 2.45) is 0 Å². The Hall–Kier alpha value is -0.550. The highest BCUT2D eigenvalue weighted by Crippen LogP contribution is 2.28. The number of halogens is 2. The minimum atomic E-state index is 0.0422. The molecule has 0 N–H and O–H groups in total. The van der Waals surface area contributed by atoms with Crippen molar-refractivity contribution >= 4 is 44.8 Å². The molecular weight excluding hydrogens is 315 g/mol. The number of aromatic nitrogens is 1. The summed E-state index contributed by atoms with van der Waals surface area (Å²) in [6, 6.07) is 3.46. The van der Waals surface area contributed by atoms with Crippen LogP contribution in [0, 0.1) is 0 Å². The van der Waals surface area contributed by atoms with E-state index in [1.165, 1.54) is 30.8 Å². The minimum Gasteiger partial charge on any atom is -0.302 e. The summed E-state index contributed by atoms with van der Waals surface area (Å²) in [6.07, 6.45) is 3.87. The van der Waals surface area contributed by atoms with Crippen molar-refractivity contribution in [3.63, 3.8) is 0 Å². The molecule has 0 unspecified atom stereocenters. The maximum Gasteiger partial charge on any atom is 0.268 e. The van der Waals surface area contributed by atoms with E-state index < -0.39 is 0 Å². The molecule has 6 heteroatoms. The molecule has 0 atom stereocenters. The van der Waals surface area contributed by atoms with E-state index in [0.29, 0.717) is 15.4 Å². The molecule has 0 bridgehead atoms. The first-order valence-corrected chi connectivity index (χ1v) is 8.39. The van der Waals surface area contributed by atoms with Crippen LogP contribution in [0.1, 0.15) is 19.3 Å². The lowest BCUT2D eigenvalue weighted by atomic mass is 10.1. The van der Waals surface area contributed by atoms with Crippen LogP contribution in [0.5, 0.6) is 0 Å². The van der Waals surface area contributed by atoms with Crippen molar-refractivity contribution in [3.8, 4) is 0 Å². The van der Waals surface area contributed by atoms with Gasteiger partial charge < -0.3 is 4.90 Å². The van der Waals surface area contributed by atoms with Gasteiger partial charge in [-0.25, -0.2) is 0 Å². The highest BCUT2D eigenvalue weighted by molar-refractivity contribution is 7.13. The predicted molar refractivity (Wildman–Crippen MR) is 86.4 cm³/mol. The zero-order valence-corrected chi connectivity index (χ0v) is 13.4. The quantitative estimate of drug-likeness (QED) is 0.853. The fourth-order valence-electron chi connectivity index (χ4n) is 2.63. The van der Waals surface area contributed by atoms with Crippen molar-refractivity contribution in [1.82, 2.24) is 8.86 Å². The van der Waals surface area contributed by atoms with Gasteiger partial charge in [-0.2, -0.15) is 0 Å². The Labute approximate surface area is 131 Å². The number of likely N-dealkylation sites (tertiary alicyclic amines) is 1. The number of benzene rings is 1. The number of rotatable bonds is 3. The Bertz CT molecular complexity index is 674. The number of fused-ring (bicyclic) bond motifs is 1. The molecule has 0 saturated carbocycles. The van der Waals surface area contributed by atoms with Crippen LogP contribution in [0.2, 0.25) is 10.0 Å². The predicted octanol–water partition coefficient (Wildman–Crippen LogP) is 3.86. The molecule has 1 aliphatic heterocycles. The Balaban J connectivity index is 1.81. The largest absolute Gasteiger partial charge is 0.302 e. The standard InChI is InChI=1S/C14H16Cl2N2OS/c15-11-8-10-13(9-12(11)16)20-18(14(10)19)7-6-17-4-2-1-3-5-17/h8-9H,1-7H2. The second kappa shape index (κ2) is 6.06. The van der Waals surface area contributed by atoms with E-state index in [1.807, 2.05) is 3.96 Å². The first kappa shape index (κ1) is 14.4. The molecule has 0 radical (unpaired) electrons. The first-order valence-electron chi connectivity index (χ1n) is 6.86. The van der Waals surface area contributed by atoms with Gasteiger partial charge in [-0.05, 0) is 38.1 Å². The zero-order chi connectivity index (χ0) is 14.1. The summed E-state index contributed by atoms with van der Waals surface area (Å²) in [5.41, 5.74) is 0.0422. The van der Waals surface area contributed by atoms with Crippen LogP contribution in [-0.2, 0) is 6.54 Å². The molecule has 108 valence electrons. The molecule has 0 amide bonds. The SMILES string of the molecule is O=c1c2cc(Cl)c(Cl)cc2sn1CCN1CCCCC1. The maximum absolute atomic E-state index is 12.3. The van der Waals surface area contributed by atoms with Crippen molar-refractivity contribution in [2.75, 3.05) is 19.6 Å². The lowest BCUT2D eigenvalue weighted by molar-refractivity contribution is 0.222. The second-order valence-electron chi connectivity index (χ2n) is 5.16. The number of hydrogen-bond donors (Lipinski definition) is 0. The zero-order valence-electron chi connectivity index (χ0n) is 11.1. The van der Waals surface area contributed by atoms with Crippen LogP contribution in [0.15, 0.2) is 16.9 Å². The molecule has 0 spiro atoms. The van der Waals surface area contributed by atoms with Gasteiger partial charge >= 0.3 is 0 Å².